The van der Waals surface area contributed by atoms with E-state index in [4.69, 9.17) is 0 Å². The van der Waals surface area contributed by atoms with E-state index in [0.717, 1.165) is 24.4 Å². The second-order valence-electron chi connectivity index (χ2n) is 4.56. The Morgan fingerprint density at radius 3 is 3.00 bits per heavy atom. The van der Waals surface area contributed by atoms with Gasteiger partial charge in [-0.25, -0.2) is 14.1 Å². The Kier molecular flexibility index (Phi) is 4.63. The summed E-state index contributed by atoms with van der Waals surface area (Å²) in [5.74, 6) is 0.699. The lowest BCUT2D eigenvalue weighted by molar-refractivity contribution is 0.507. The topological polar surface area (TPSA) is 42.7 Å². The summed E-state index contributed by atoms with van der Waals surface area (Å²) in [7, 11) is 0. The first kappa shape index (κ1) is 13.7. The van der Waals surface area contributed by atoms with Crippen LogP contribution >= 0.6 is 0 Å². The molecular weight excluding hydrogens is 243 g/mol. The second-order valence-corrected chi connectivity index (χ2v) is 4.56. The minimum atomic E-state index is -0.208. The van der Waals surface area contributed by atoms with Gasteiger partial charge >= 0.3 is 0 Å². The van der Waals surface area contributed by atoms with Gasteiger partial charge in [0.2, 0.25) is 0 Å². The third kappa shape index (κ3) is 3.61. The summed E-state index contributed by atoms with van der Waals surface area (Å²) < 4.78 is 15.0. The Morgan fingerprint density at radius 1 is 1.42 bits per heavy atom. The summed E-state index contributed by atoms with van der Waals surface area (Å²) in [4.78, 5) is 4.23. The quantitative estimate of drug-likeness (QED) is 0.870. The van der Waals surface area contributed by atoms with Gasteiger partial charge in [-0.3, -0.25) is 0 Å². The summed E-state index contributed by atoms with van der Waals surface area (Å²) >= 11 is 0. The van der Waals surface area contributed by atoms with Crippen molar-refractivity contribution in [1.82, 2.24) is 20.1 Å². The van der Waals surface area contributed by atoms with E-state index < -0.39 is 0 Å². The van der Waals surface area contributed by atoms with Crippen molar-refractivity contribution in [3.8, 4) is 0 Å². The minimum absolute atomic E-state index is 0.0717. The minimum Gasteiger partial charge on any atom is -0.303 e. The molecule has 4 nitrogen and oxygen atoms in total. The SMILES string of the molecule is CCCn1ncnc1CNC(C)c1cccc(F)c1. The van der Waals surface area contributed by atoms with E-state index in [1.165, 1.54) is 6.07 Å². The largest absolute Gasteiger partial charge is 0.303 e. The van der Waals surface area contributed by atoms with Crippen LogP contribution < -0.4 is 5.32 Å². The Hall–Kier alpha value is -1.75. The molecule has 0 radical (unpaired) electrons. The Bertz CT molecular complexity index is 524. The van der Waals surface area contributed by atoms with Gasteiger partial charge in [0.1, 0.15) is 18.0 Å². The third-order valence-electron chi connectivity index (χ3n) is 3.05. The summed E-state index contributed by atoms with van der Waals surface area (Å²) in [6, 6.07) is 6.71. The van der Waals surface area contributed by atoms with Crippen molar-refractivity contribution in [2.24, 2.45) is 0 Å². The van der Waals surface area contributed by atoms with Crippen molar-refractivity contribution in [2.75, 3.05) is 0 Å². The van der Waals surface area contributed by atoms with E-state index in [1.807, 2.05) is 17.7 Å². The number of hydrogen-bond donors (Lipinski definition) is 1. The summed E-state index contributed by atoms with van der Waals surface area (Å²) in [5, 5.41) is 7.51. The van der Waals surface area contributed by atoms with Gasteiger partial charge in [-0.1, -0.05) is 19.1 Å². The first-order valence-corrected chi connectivity index (χ1v) is 6.56. The lowest BCUT2D eigenvalue weighted by Crippen LogP contribution is -2.21. The lowest BCUT2D eigenvalue weighted by atomic mass is 10.1. The van der Waals surface area contributed by atoms with Crippen LogP contribution in [0.5, 0.6) is 0 Å². The number of halogens is 1. The number of rotatable bonds is 6. The summed E-state index contributed by atoms with van der Waals surface area (Å²) in [6.07, 6.45) is 2.59. The van der Waals surface area contributed by atoms with E-state index >= 15 is 0 Å². The van der Waals surface area contributed by atoms with Gasteiger partial charge < -0.3 is 5.32 Å². The molecule has 0 aliphatic rings. The van der Waals surface area contributed by atoms with Crippen molar-refractivity contribution in [3.63, 3.8) is 0 Å². The maximum Gasteiger partial charge on any atom is 0.140 e. The fourth-order valence-electron chi connectivity index (χ4n) is 1.96. The van der Waals surface area contributed by atoms with Crippen LogP contribution in [0.15, 0.2) is 30.6 Å². The van der Waals surface area contributed by atoms with Gasteiger partial charge in [0.15, 0.2) is 0 Å². The van der Waals surface area contributed by atoms with E-state index in [2.05, 4.69) is 22.3 Å². The Morgan fingerprint density at radius 2 is 2.26 bits per heavy atom. The van der Waals surface area contributed by atoms with E-state index in [1.54, 1.807) is 18.5 Å². The van der Waals surface area contributed by atoms with Gasteiger partial charge in [0.05, 0.1) is 6.54 Å². The van der Waals surface area contributed by atoms with Crippen LogP contribution in [0, 0.1) is 5.82 Å². The van der Waals surface area contributed by atoms with Crippen molar-refractivity contribution in [2.45, 2.75) is 39.4 Å². The molecule has 1 aromatic heterocycles. The molecule has 1 N–H and O–H groups in total. The van der Waals surface area contributed by atoms with Crippen LogP contribution in [-0.4, -0.2) is 14.8 Å². The molecule has 2 rings (SSSR count). The van der Waals surface area contributed by atoms with Crippen LogP contribution in [0.25, 0.3) is 0 Å². The Balaban J connectivity index is 1.96. The van der Waals surface area contributed by atoms with Gasteiger partial charge in [-0.05, 0) is 31.0 Å². The molecule has 0 amide bonds. The number of aromatic nitrogens is 3. The van der Waals surface area contributed by atoms with E-state index in [-0.39, 0.29) is 11.9 Å². The van der Waals surface area contributed by atoms with Crippen molar-refractivity contribution >= 4 is 0 Å². The number of nitrogens with one attached hydrogen (secondary N) is 1. The number of aryl methyl sites for hydroxylation is 1. The van der Waals surface area contributed by atoms with Gasteiger partial charge in [0.25, 0.3) is 0 Å². The zero-order valence-corrected chi connectivity index (χ0v) is 11.3. The highest BCUT2D eigenvalue weighted by atomic mass is 19.1. The molecule has 0 bridgehead atoms. The molecule has 1 atom stereocenters. The summed E-state index contributed by atoms with van der Waals surface area (Å²) in [6.45, 7) is 5.60. The van der Waals surface area contributed by atoms with Crippen molar-refractivity contribution in [3.05, 3.63) is 47.8 Å². The average Bonchev–Trinajstić information content (AvgIpc) is 2.84. The van der Waals surface area contributed by atoms with Gasteiger partial charge in [0, 0.05) is 12.6 Å². The highest BCUT2D eigenvalue weighted by Gasteiger charge is 2.08. The van der Waals surface area contributed by atoms with Crippen LogP contribution in [0.1, 0.15) is 37.7 Å². The fraction of sp³-hybridized carbons (Fsp3) is 0.429. The normalized spacial score (nSPS) is 12.6. The lowest BCUT2D eigenvalue weighted by Gasteiger charge is -2.14. The molecule has 2 aromatic rings. The molecule has 0 fully saturated rings. The maximum atomic E-state index is 13.2. The summed E-state index contributed by atoms with van der Waals surface area (Å²) in [5.41, 5.74) is 0.932. The molecule has 5 heteroatoms. The number of hydrogen-bond acceptors (Lipinski definition) is 3. The van der Waals surface area contributed by atoms with Crippen LogP contribution in [-0.2, 0) is 13.1 Å². The predicted octanol–water partition coefficient (Wildman–Crippen LogP) is 2.68. The van der Waals surface area contributed by atoms with Crippen LogP contribution in [0.3, 0.4) is 0 Å². The molecule has 1 aromatic carbocycles. The molecule has 1 unspecified atom stereocenters. The van der Waals surface area contributed by atoms with Crippen molar-refractivity contribution < 1.29 is 4.39 Å². The van der Waals surface area contributed by atoms with Gasteiger partial charge in [-0.15, -0.1) is 0 Å². The standard InChI is InChI=1S/C14H19FN4/c1-3-7-19-14(17-10-18-19)9-16-11(2)12-5-4-6-13(15)8-12/h4-6,8,10-11,16H,3,7,9H2,1-2H3. The third-order valence-corrected chi connectivity index (χ3v) is 3.05. The molecular formula is C14H19FN4. The van der Waals surface area contributed by atoms with E-state index in [0.29, 0.717) is 6.54 Å². The Labute approximate surface area is 112 Å². The molecule has 0 aliphatic heterocycles. The van der Waals surface area contributed by atoms with Gasteiger partial charge in [-0.2, -0.15) is 5.10 Å². The maximum absolute atomic E-state index is 13.2. The molecule has 0 aliphatic carbocycles. The average molecular weight is 262 g/mol. The molecule has 0 spiro atoms. The molecule has 0 saturated carbocycles. The highest BCUT2D eigenvalue weighted by Crippen LogP contribution is 2.13. The van der Waals surface area contributed by atoms with E-state index in [9.17, 15) is 4.39 Å². The zero-order chi connectivity index (χ0) is 13.7. The fourth-order valence-corrected chi connectivity index (χ4v) is 1.96. The second kappa shape index (κ2) is 6.43. The first-order chi connectivity index (χ1) is 9.20. The molecule has 0 saturated heterocycles. The van der Waals surface area contributed by atoms with Crippen molar-refractivity contribution in [1.29, 1.82) is 0 Å². The van der Waals surface area contributed by atoms with Crippen LogP contribution in [0.2, 0.25) is 0 Å². The predicted molar refractivity (Wildman–Crippen MR) is 72.0 cm³/mol. The number of benzene rings is 1. The zero-order valence-electron chi connectivity index (χ0n) is 11.3. The highest BCUT2D eigenvalue weighted by molar-refractivity contribution is 5.19. The van der Waals surface area contributed by atoms with Crippen LogP contribution in [0.4, 0.5) is 4.39 Å². The monoisotopic (exact) mass is 262 g/mol. The molecule has 19 heavy (non-hydrogen) atoms. The molecule has 102 valence electrons. The first-order valence-electron chi connectivity index (χ1n) is 6.56. The molecule has 1 heterocycles. The number of nitrogens with zero attached hydrogens (tertiary/aromatic N) is 3. The smallest absolute Gasteiger partial charge is 0.140 e.